The number of nitrogens with zero attached hydrogens (tertiary/aromatic N) is 1. The van der Waals surface area contributed by atoms with Crippen molar-refractivity contribution in [1.29, 1.82) is 0 Å². The minimum absolute atomic E-state index is 0.0227. The number of aliphatic hydroxyl groups is 1. The van der Waals surface area contributed by atoms with Crippen LogP contribution in [-0.2, 0) is 4.79 Å². The highest BCUT2D eigenvalue weighted by Crippen LogP contribution is 2.40. The van der Waals surface area contributed by atoms with Crippen LogP contribution in [0.4, 0.5) is 0 Å². The van der Waals surface area contributed by atoms with Crippen LogP contribution in [0.2, 0.25) is 0 Å². The Morgan fingerprint density at radius 2 is 2.17 bits per heavy atom. The molecular formula is C19H30N2O2S. The van der Waals surface area contributed by atoms with E-state index in [1.54, 1.807) is 11.3 Å². The first-order valence-electron chi connectivity index (χ1n) is 9.34. The van der Waals surface area contributed by atoms with Gasteiger partial charge in [0.05, 0.1) is 6.10 Å². The molecule has 5 heteroatoms. The maximum Gasteiger partial charge on any atom is 0.223 e. The SMILES string of the molecule is NCC1(CC(=O)N2CCCC2CC(O)c2cccs2)CCCCC1. The van der Waals surface area contributed by atoms with Gasteiger partial charge in [-0.2, -0.15) is 0 Å². The maximum atomic E-state index is 12.9. The number of nitrogens with two attached hydrogens (primary N) is 1. The summed E-state index contributed by atoms with van der Waals surface area (Å²) in [5.41, 5.74) is 6.08. The molecule has 1 aromatic rings. The van der Waals surface area contributed by atoms with E-state index in [1.807, 2.05) is 22.4 Å². The highest BCUT2D eigenvalue weighted by Gasteiger charge is 2.37. The van der Waals surface area contributed by atoms with Gasteiger partial charge >= 0.3 is 0 Å². The van der Waals surface area contributed by atoms with Gasteiger partial charge in [-0.05, 0) is 55.5 Å². The van der Waals surface area contributed by atoms with Crippen molar-refractivity contribution in [2.75, 3.05) is 13.1 Å². The van der Waals surface area contributed by atoms with E-state index < -0.39 is 6.10 Å². The van der Waals surface area contributed by atoms with E-state index in [2.05, 4.69) is 0 Å². The van der Waals surface area contributed by atoms with E-state index in [4.69, 9.17) is 5.73 Å². The molecule has 1 amide bonds. The van der Waals surface area contributed by atoms with Crippen molar-refractivity contribution in [2.24, 2.45) is 11.1 Å². The van der Waals surface area contributed by atoms with Crippen molar-refractivity contribution in [1.82, 2.24) is 4.90 Å². The van der Waals surface area contributed by atoms with Gasteiger partial charge in [0, 0.05) is 23.9 Å². The van der Waals surface area contributed by atoms with Crippen molar-refractivity contribution in [2.45, 2.75) is 69.9 Å². The molecule has 3 rings (SSSR count). The molecule has 0 aromatic carbocycles. The van der Waals surface area contributed by atoms with Crippen molar-refractivity contribution < 1.29 is 9.90 Å². The summed E-state index contributed by atoms with van der Waals surface area (Å²) in [5, 5.41) is 12.4. The number of carbonyl (C=O) groups is 1. The molecule has 0 spiro atoms. The lowest BCUT2D eigenvalue weighted by Crippen LogP contribution is -2.42. The van der Waals surface area contributed by atoms with Gasteiger partial charge in [0.2, 0.25) is 5.91 Å². The van der Waals surface area contributed by atoms with Crippen LogP contribution in [0.15, 0.2) is 17.5 Å². The zero-order valence-electron chi connectivity index (χ0n) is 14.5. The highest BCUT2D eigenvalue weighted by atomic mass is 32.1. The van der Waals surface area contributed by atoms with Gasteiger partial charge in [-0.1, -0.05) is 25.3 Å². The van der Waals surface area contributed by atoms with E-state index in [9.17, 15) is 9.90 Å². The van der Waals surface area contributed by atoms with Gasteiger partial charge in [-0.25, -0.2) is 0 Å². The monoisotopic (exact) mass is 350 g/mol. The van der Waals surface area contributed by atoms with Crippen LogP contribution in [0, 0.1) is 5.41 Å². The number of thiophene rings is 1. The number of amides is 1. The fourth-order valence-electron chi connectivity index (χ4n) is 4.44. The quantitative estimate of drug-likeness (QED) is 0.825. The van der Waals surface area contributed by atoms with E-state index in [0.717, 1.165) is 37.1 Å². The lowest BCUT2D eigenvalue weighted by molar-refractivity contribution is -0.135. The summed E-state index contributed by atoms with van der Waals surface area (Å²) in [6, 6.07) is 4.12. The van der Waals surface area contributed by atoms with E-state index >= 15 is 0 Å². The first-order chi connectivity index (χ1) is 11.6. The van der Waals surface area contributed by atoms with Gasteiger partial charge in [-0.15, -0.1) is 11.3 Å². The largest absolute Gasteiger partial charge is 0.387 e. The smallest absolute Gasteiger partial charge is 0.223 e. The lowest BCUT2D eigenvalue weighted by Gasteiger charge is -2.38. The fourth-order valence-corrected chi connectivity index (χ4v) is 5.17. The fraction of sp³-hybridized carbons (Fsp3) is 0.737. The first-order valence-corrected chi connectivity index (χ1v) is 10.2. The molecule has 3 N–H and O–H groups in total. The Kier molecular flexibility index (Phi) is 5.95. The molecule has 1 aromatic heterocycles. The van der Waals surface area contributed by atoms with Crippen LogP contribution >= 0.6 is 11.3 Å². The summed E-state index contributed by atoms with van der Waals surface area (Å²) in [6.45, 7) is 1.45. The molecule has 0 bridgehead atoms. The van der Waals surface area contributed by atoms with Crippen molar-refractivity contribution in [3.05, 3.63) is 22.4 Å². The number of carbonyl (C=O) groups excluding carboxylic acids is 1. The molecule has 2 aliphatic rings. The predicted octanol–water partition coefficient (Wildman–Crippen LogP) is 3.46. The molecular weight excluding hydrogens is 320 g/mol. The standard InChI is InChI=1S/C19H30N2O2S/c20-14-19(8-2-1-3-9-19)13-18(23)21-10-4-6-15(21)12-16(22)17-7-5-11-24-17/h5,7,11,15-16,22H,1-4,6,8-10,12-14,20H2. The molecule has 134 valence electrons. The van der Waals surface area contributed by atoms with Crippen molar-refractivity contribution in [3.63, 3.8) is 0 Å². The Hall–Kier alpha value is -0.910. The molecule has 2 unspecified atom stereocenters. The van der Waals surface area contributed by atoms with Gasteiger partial charge in [-0.3, -0.25) is 4.79 Å². The molecule has 1 aliphatic carbocycles. The molecule has 4 nitrogen and oxygen atoms in total. The molecule has 2 atom stereocenters. The zero-order valence-corrected chi connectivity index (χ0v) is 15.3. The minimum atomic E-state index is -0.457. The van der Waals surface area contributed by atoms with E-state index in [-0.39, 0.29) is 17.4 Å². The summed E-state index contributed by atoms with van der Waals surface area (Å²) in [6.07, 6.45) is 8.69. The average molecular weight is 351 g/mol. The summed E-state index contributed by atoms with van der Waals surface area (Å²) >= 11 is 1.59. The summed E-state index contributed by atoms with van der Waals surface area (Å²) in [4.78, 5) is 16.0. The third-order valence-corrected chi connectivity index (χ3v) is 6.91. The number of likely N-dealkylation sites (tertiary alicyclic amines) is 1. The number of rotatable bonds is 6. The van der Waals surface area contributed by atoms with Gasteiger partial charge in [0.15, 0.2) is 0 Å². The zero-order chi connectivity index (χ0) is 17.0. The van der Waals surface area contributed by atoms with Crippen LogP contribution in [0.1, 0.15) is 68.8 Å². The third kappa shape index (κ3) is 4.01. The number of hydrogen-bond acceptors (Lipinski definition) is 4. The molecule has 1 saturated carbocycles. The minimum Gasteiger partial charge on any atom is -0.387 e. The van der Waals surface area contributed by atoms with Gasteiger partial charge < -0.3 is 15.7 Å². The summed E-state index contributed by atoms with van der Waals surface area (Å²) in [5.74, 6) is 0.253. The lowest BCUT2D eigenvalue weighted by atomic mass is 9.71. The Labute approximate surface area is 149 Å². The number of aliphatic hydroxyl groups excluding tert-OH is 1. The second-order valence-corrected chi connectivity index (χ2v) is 8.57. The molecule has 1 saturated heterocycles. The molecule has 0 radical (unpaired) electrons. The Balaban J connectivity index is 1.60. The third-order valence-electron chi connectivity index (χ3n) is 5.94. The Bertz CT molecular complexity index is 525. The van der Waals surface area contributed by atoms with Gasteiger partial charge in [0.25, 0.3) is 0 Å². The van der Waals surface area contributed by atoms with Gasteiger partial charge in [0.1, 0.15) is 0 Å². The van der Waals surface area contributed by atoms with Crippen molar-refractivity contribution >= 4 is 17.2 Å². The van der Waals surface area contributed by atoms with Crippen LogP contribution in [-0.4, -0.2) is 35.0 Å². The second kappa shape index (κ2) is 7.98. The molecule has 24 heavy (non-hydrogen) atoms. The van der Waals surface area contributed by atoms with E-state index in [1.165, 1.54) is 19.3 Å². The van der Waals surface area contributed by atoms with Crippen molar-refractivity contribution in [3.8, 4) is 0 Å². The maximum absolute atomic E-state index is 12.9. The van der Waals surface area contributed by atoms with Crippen LogP contribution in [0.3, 0.4) is 0 Å². The normalized spacial score (nSPS) is 24.9. The second-order valence-electron chi connectivity index (χ2n) is 7.59. The predicted molar refractivity (Wildman–Crippen MR) is 97.8 cm³/mol. The average Bonchev–Trinajstić information content (AvgIpc) is 3.27. The van der Waals surface area contributed by atoms with Crippen LogP contribution in [0.25, 0.3) is 0 Å². The highest BCUT2D eigenvalue weighted by molar-refractivity contribution is 7.10. The summed E-state index contributed by atoms with van der Waals surface area (Å²) < 4.78 is 0. The molecule has 2 heterocycles. The Morgan fingerprint density at radius 3 is 2.83 bits per heavy atom. The number of hydrogen-bond donors (Lipinski definition) is 2. The van der Waals surface area contributed by atoms with Crippen LogP contribution < -0.4 is 5.73 Å². The Morgan fingerprint density at radius 1 is 1.38 bits per heavy atom. The van der Waals surface area contributed by atoms with E-state index in [0.29, 0.717) is 19.4 Å². The summed E-state index contributed by atoms with van der Waals surface area (Å²) in [7, 11) is 0. The molecule has 1 aliphatic heterocycles. The first kappa shape index (κ1) is 17.9. The molecule has 2 fully saturated rings. The van der Waals surface area contributed by atoms with Crippen LogP contribution in [0.5, 0.6) is 0 Å². The topological polar surface area (TPSA) is 66.6 Å².